The normalized spacial score (nSPS) is 14.0. The number of carbonyl (C=O) groups is 1. The molecule has 0 saturated carbocycles. The Labute approximate surface area is 101 Å². The SMILES string of the molecule is CCC(=O)C(C)[C@@H](C[N+](=O)[O-])c1ccccc1. The van der Waals surface area contributed by atoms with E-state index in [0.717, 1.165) is 5.56 Å². The summed E-state index contributed by atoms with van der Waals surface area (Å²) in [5.74, 6) is -0.577. The Hall–Kier alpha value is -1.71. The van der Waals surface area contributed by atoms with Gasteiger partial charge in [0.2, 0.25) is 6.54 Å². The smallest absolute Gasteiger partial charge is 0.211 e. The lowest BCUT2D eigenvalue weighted by atomic mass is 9.84. The van der Waals surface area contributed by atoms with E-state index in [-0.39, 0.29) is 29.1 Å². The Kier molecular flexibility index (Phi) is 4.82. The Bertz CT molecular complexity index is 389. The highest BCUT2D eigenvalue weighted by atomic mass is 16.6. The molecule has 1 aromatic carbocycles. The molecule has 1 rings (SSSR count). The lowest BCUT2D eigenvalue weighted by molar-refractivity contribution is -0.484. The van der Waals surface area contributed by atoms with Gasteiger partial charge in [0.25, 0.3) is 0 Å². The third kappa shape index (κ3) is 3.66. The minimum atomic E-state index is -0.350. The number of benzene rings is 1. The molecule has 4 heteroatoms. The summed E-state index contributed by atoms with van der Waals surface area (Å²) in [4.78, 5) is 22.0. The standard InChI is InChI=1S/C13H17NO3/c1-3-13(15)10(2)12(9-14(16)17)11-7-5-4-6-8-11/h4-8,10,12H,3,9H2,1-2H3/t10?,12-/m1/s1. The average Bonchev–Trinajstić information content (AvgIpc) is 2.35. The Balaban J connectivity index is 2.95. The fraction of sp³-hybridized carbons (Fsp3) is 0.462. The van der Waals surface area contributed by atoms with Crippen LogP contribution in [0.3, 0.4) is 0 Å². The summed E-state index contributed by atoms with van der Waals surface area (Å²) in [6.45, 7) is 3.36. The second-order valence-electron chi connectivity index (χ2n) is 4.14. The first-order valence-electron chi connectivity index (χ1n) is 5.75. The fourth-order valence-corrected chi connectivity index (χ4v) is 1.96. The fourth-order valence-electron chi connectivity index (χ4n) is 1.96. The number of nitro groups is 1. The topological polar surface area (TPSA) is 60.2 Å². The van der Waals surface area contributed by atoms with E-state index in [1.165, 1.54) is 0 Å². The zero-order chi connectivity index (χ0) is 12.8. The summed E-state index contributed by atoms with van der Waals surface area (Å²) in [7, 11) is 0. The molecule has 2 atom stereocenters. The van der Waals surface area contributed by atoms with Gasteiger partial charge >= 0.3 is 0 Å². The minimum absolute atomic E-state index is 0.0701. The lowest BCUT2D eigenvalue weighted by Gasteiger charge is -2.19. The zero-order valence-electron chi connectivity index (χ0n) is 10.1. The highest BCUT2D eigenvalue weighted by Gasteiger charge is 2.28. The van der Waals surface area contributed by atoms with E-state index in [9.17, 15) is 14.9 Å². The summed E-state index contributed by atoms with van der Waals surface area (Å²) in [5, 5.41) is 10.7. The van der Waals surface area contributed by atoms with Crippen molar-refractivity contribution in [3.8, 4) is 0 Å². The van der Waals surface area contributed by atoms with Crippen molar-refractivity contribution in [1.82, 2.24) is 0 Å². The number of Topliss-reactive ketones (excluding diaryl/α,β-unsaturated/α-hetero) is 1. The van der Waals surface area contributed by atoms with Crippen molar-refractivity contribution in [3.63, 3.8) is 0 Å². The molecule has 92 valence electrons. The Morgan fingerprint density at radius 2 is 1.94 bits per heavy atom. The van der Waals surface area contributed by atoms with Crippen LogP contribution in [0.5, 0.6) is 0 Å². The molecule has 1 aromatic rings. The van der Waals surface area contributed by atoms with Crippen LogP contribution < -0.4 is 0 Å². The van der Waals surface area contributed by atoms with Gasteiger partial charge in [0.1, 0.15) is 5.78 Å². The molecule has 0 N–H and O–H groups in total. The molecule has 0 heterocycles. The maximum Gasteiger partial charge on any atom is 0.211 e. The van der Waals surface area contributed by atoms with E-state index in [1.54, 1.807) is 13.8 Å². The molecular formula is C13H17NO3. The van der Waals surface area contributed by atoms with Crippen LogP contribution in [-0.4, -0.2) is 17.3 Å². The molecular weight excluding hydrogens is 218 g/mol. The maximum absolute atomic E-state index is 11.7. The molecule has 17 heavy (non-hydrogen) atoms. The molecule has 0 amide bonds. The van der Waals surface area contributed by atoms with Crippen LogP contribution in [-0.2, 0) is 4.79 Å². The Morgan fingerprint density at radius 1 is 1.35 bits per heavy atom. The van der Waals surface area contributed by atoms with Crippen molar-refractivity contribution < 1.29 is 9.72 Å². The number of ketones is 1. The number of hydrogen-bond acceptors (Lipinski definition) is 3. The summed E-state index contributed by atoms with van der Waals surface area (Å²) >= 11 is 0. The average molecular weight is 235 g/mol. The first kappa shape index (κ1) is 13.4. The van der Waals surface area contributed by atoms with Crippen LogP contribution in [0.15, 0.2) is 30.3 Å². The van der Waals surface area contributed by atoms with Gasteiger partial charge in [-0.25, -0.2) is 0 Å². The molecule has 0 bridgehead atoms. The van der Waals surface area contributed by atoms with E-state index >= 15 is 0 Å². The number of rotatable bonds is 6. The maximum atomic E-state index is 11.7. The van der Waals surface area contributed by atoms with Crippen LogP contribution in [0.2, 0.25) is 0 Å². The molecule has 0 radical (unpaired) electrons. The quantitative estimate of drug-likeness (QED) is 0.562. The van der Waals surface area contributed by atoms with Gasteiger partial charge in [0.05, 0.1) is 5.92 Å². The molecule has 0 saturated heterocycles. The molecule has 4 nitrogen and oxygen atoms in total. The summed E-state index contributed by atoms with van der Waals surface area (Å²) in [6, 6.07) is 9.22. The summed E-state index contributed by atoms with van der Waals surface area (Å²) in [6.07, 6.45) is 0.419. The van der Waals surface area contributed by atoms with Crippen LogP contribution in [0.4, 0.5) is 0 Å². The van der Waals surface area contributed by atoms with Crippen molar-refractivity contribution >= 4 is 5.78 Å². The lowest BCUT2D eigenvalue weighted by Crippen LogP contribution is -2.25. The summed E-state index contributed by atoms with van der Waals surface area (Å²) in [5.41, 5.74) is 0.860. The van der Waals surface area contributed by atoms with E-state index in [2.05, 4.69) is 0 Å². The monoisotopic (exact) mass is 235 g/mol. The van der Waals surface area contributed by atoms with Gasteiger partial charge in [-0.1, -0.05) is 44.2 Å². The van der Waals surface area contributed by atoms with Gasteiger partial charge in [-0.3, -0.25) is 14.9 Å². The Morgan fingerprint density at radius 3 is 2.41 bits per heavy atom. The molecule has 0 aliphatic heterocycles. The predicted molar refractivity (Wildman–Crippen MR) is 65.5 cm³/mol. The van der Waals surface area contributed by atoms with Gasteiger partial charge in [-0.05, 0) is 5.56 Å². The van der Waals surface area contributed by atoms with Gasteiger partial charge in [-0.15, -0.1) is 0 Å². The number of hydrogen-bond donors (Lipinski definition) is 0. The van der Waals surface area contributed by atoms with E-state index in [1.807, 2.05) is 30.3 Å². The molecule has 0 aliphatic rings. The van der Waals surface area contributed by atoms with Gasteiger partial charge in [0, 0.05) is 17.3 Å². The first-order valence-corrected chi connectivity index (χ1v) is 5.75. The van der Waals surface area contributed by atoms with Crippen molar-refractivity contribution in [3.05, 3.63) is 46.0 Å². The van der Waals surface area contributed by atoms with Crippen LogP contribution in [0, 0.1) is 16.0 Å². The number of carbonyl (C=O) groups excluding carboxylic acids is 1. The highest BCUT2D eigenvalue weighted by molar-refractivity contribution is 5.81. The van der Waals surface area contributed by atoms with Crippen molar-refractivity contribution in [2.45, 2.75) is 26.2 Å². The first-order chi connectivity index (χ1) is 8.06. The molecule has 0 aromatic heterocycles. The van der Waals surface area contributed by atoms with Crippen molar-refractivity contribution in [2.24, 2.45) is 5.92 Å². The van der Waals surface area contributed by atoms with E-state index < -0.39 is 0 Å². The zero-order valence-corrected chi connectivity index (χ0v) is 10.1. The third-order valence-electron chi connectivity index (χ3n) is 3.03. The molecule has 1 unspecified atom stereocenters. The van der Waals surface area contributed by atoms with E-state index in [4.69, 9.17) is 0 Å². The minimum Gasteiger partial charge on any atom is -0.299 e. The predicted octanol–water partition coefficient (Wildman–Crippen LogP) is 2.66. The van der Waals surface area contributed by atoms with Crippen LogP contribution >= 0.6 is 0 Å². The molecule has 0 fully saturated rings. The van der Waals surface area contributed by atoms with Gasteiger partial charge < -0.3 is 0 Å². The third-order valence-corrected chi connectivity index (χ3v) is 3.03. The summed E-state index contributed by atoms with van der Waals surface area (Å²) < 4.78 is 0. The van der Waals surface area contributed by atoms with Gasteiger partial charge in [-0.2, -0.15) is 0 Å². The number of nitrogens with zero attached hydrogens (tertiary/aromatic N) is 1. The van der Waals surface area contributed by atoms with Crippen LogP contribution in [0.1, 0.15) is 31.7 Å². The van der Waals surface area contributed by atoms with Gasteiger partial charge in [0.15, 0.2) is 0 Å². The molecule has 0 aliphatic carbocycles. The molecule has 0 spiro atoms. The highest BCUT2D eigenvalue weighted by Crippen LogP contribution is 2.26. The van der Waals surface area contributed by atoms with Crippen LogP contribution in [0.25, 0.3) is 0 Å². The second kappa shape index (κ2) is 6.13. The van der Waals surface area contributed by atoms with Crippen molar-refractivity contribution in [1.29, 1.82) is 0 Å². The van der Waals surface area contributed by atoms with Crippen molar-refractivity contribution in [2.75, 3.05) is 6.54 Å². The second-order valence-corrected chi connectivity index (χ2v) is 4.14. The largest absolute Gasteiger partial charge is 0.299 e. The van der Waals surface area contributed by atoms with E-state index in [0.29, 0.717) is 6.42 Å².